The molecule has 2 aliphatic heterocycles. The summed E-state index contributed by atoms with van der Waals surface area (Å²) >= 11 is 0.125. The molecule has 2 aliphatic rings. The number of pyridine rings is 2. The Balaban J connectivity index is 0.000000316. The summed E-state index contributed by atoms with van der Waals surface area (Å²) in [7, 11) is 0. The predicted octanol–water partition coefficient (Wildman–Crippen LogP) is 13.2. The number of rotatable bonds is 3. The average Bonchev–Trinajstić information content (AvgIpc) is 3.91. The Morgan fingerprint density at radius 1 is 0.608 bits per heavy atom. The van der Waals surface area contributed by atoms with Crippen LogP contribution in [0.25, 0.3) is 83.1 Å². The van der Waals surface area contributed by atoms with Gasteiger partial charge in [0.2, 0.25) is 0 Å². The molecule has 11 aromatic rings. The molecule has 1 radical (unpaired) electrons. The fourth-order valence-corrected chi connectivity index (χ4v) is 13.3. The zero-order chi connectivity index (χ0) is 50.9. The van der Waals surface area contributed by atoms with Crippen molar-refractivity contribution in [1.29, 1.82) is 0 Å². The maximum atomic E-state index is 12.7. The summed E-state index contributed by atoms with van der Waals surface area (Å²) in [5.74, 6) is -0.275. The summed E-state index contributed by atoms with van der Waals surface area (Å²) < 4.78 is 25.0. The van der Waals surface area contributed by atoms with Gasteiger partial charge in [0.1, 0.15) is 0 Å². The van der Waals surface area contributed by atoms with Crippen molar-refractivity contribution < 1.29 is 28.9 Å². The van der Waals surface area contributed by atoms with E-state index in [1.54, 1.807) is 6.07 Å². The van der Waals surface area contributed by atoms with Gasteiger partial charge >= 0.3 is 343 Å². The van der Waals surface area contributed by atoms with Gasteiger partial charge in [-0.25, -0.2) is 0 Å². The first kappa shape index (κ1) is 49.8. The molecule has 0 N–H and O–H groups in total. The quantitative estimate of drug-likeness (QED) is 0.131. The van der Waals surface area contributed by atoms with E-state index in [0.29, 0.717) is 0 Å². The normalized spacial score (nSPS) is 12.9. The predicted molar refractivity (Wildman–Crippen MR) is 306 cm³/mol. The van der Waals surface area contributed by atoms with Gasteiger partial charge in [0, 0.05) is 32.1 Å². The monoisotopic (exact) mass is 1210 g/mol. The summed E-state index contributed by atoms with van der Waals surface area (Å²) in [6, 6.07) is 54.2. The minimum Gasteiger partial charge on any atom is -0.304 e. The van der Waals surface area contributed by atoms with E-state index in [2.05, 4.69) is 174 Å². The summed E-state index contributed by atoms with van der Waals surface area (Å²) in [5, 5.41) is 4.88. The molecule has 0 atom stereocenters. The van der Waals surface area contributed by atoms with Crippen molar-refractivity contribution in [1.82, 2.24) is 14.5 Å². The van der Waals surface area contributed by atoms with E-state index in [0.717, 1.165) is 55.6 Å². The first-order valence-electron chi connectivity index (χ1n) is 25.3. The molecule has 0 bridgehead atoms. The number of aryl methyl sites for hydroxylation is 2. The minimum absolute atomic E-state index is 0. The Morgan fingerprint density at radius 3 is 2.07 bits per heavy atom. The van der Waals surface area contributed by atoms with E-state index < -0.39 is 0 Å². The maximum Gasteiger partial charge on any atom is 0.0379 e. The molecule has 13 rings (SSSR count). The van der Waals surface area contributed by atoms with Crippen LogP contribution in [0.3, 0.4) is 0 Å². The van der Waals surface area contributed by atoms with Crippen molar-refractivity contribution in [3.63, 3.8) is 0 Å². The van der Waals surface area contributed by atoms with Crippen LogP contribution in [0.1, 0.15) is 90.1 Å². The third kappa shape index (κ3) is 8.49. The third-order valence-corrected chi connectivity index (χ3v) is 17.5. The van der Waals surface area contributed by atoms with Gasteiger partial charge in [-0.05, 0) is 31.2 Å². The van der Waals surface area contributed by atoms with Gasteiger partial charge < -0.3 is 4.98 Å². The molecular formula is C66H57BFIrN3OSe-2. The van der Waals surface area contributed by atoms with E-state index in [1.165, 1.54) is 92.8 Å². The number of halogens is 1. The molecule has 0 aliphatic carbocycles. The number of hydrogen-bond acceptors (Lipinski definition) is 3. The standard InChI is InChI=1S/C53H46BN2OSe.C13H11FN.Ir/c1-51(2,3)32-17-20-43-38(26-32)39-27-34(53(7,8)9)29-41-49(39)56(43)44-23-31(25-47-48(44)54(41)40-28-33(52(4,5)6)18-21-46(40)58-47)30-16-19-35-36-13-12-14-37(42-15-10-11-22-55-42)50(36)57-45(35)24-30;1-9-7-13(15-8-10(9)2)11-3-5-12(14)6-4-11;/h10-13,15-29H,1-9H3;3,5-8H,1-2H3;/q2*-1;. The van der Waals surface area contributed by atoms with Crippen LogP contribution in [0.4, 0.5) is 4.39 Å². The Kier molecular flexibility index (Phi) is 12.2. The zero-order valence-corrected chi connectivity index (χ0v) is 47.9. The maximum absolute atomic E-state index is 12.7. The van der Waals surface area contributed by atoms with Gasteiger partial charge in [0.05, 0.1) is 0 Å². The van der Waals surface area contributed by atoms with Crippen molar-refractivity contribution in [2.75, 3.05) is 0 Å². The summed E-state index contributed by atoms with van der Waals surface area (Å²) in [6.45, 7) is 25.3. The second kappa shape index (κ2) is 18.2. The largest absolute Gasteiger partial charge is 0.304 e. The van der Waals surface area contributed by atoms with Crippen molar-refractivity contribution >= 4 is 90.7 Å². The van der Waals surface area contributed by atoms with Crippen LogP contribution in [0, 0.1) is 31.8 Å². The number of furan rings is 1. The molecule has 7 aromatic carbocycles. The first-order chi connectivity index (χ1) is 34.8. The SMILES string of the molecule is CC(C)(C)c1ccc2c(c1)B1c3c(cc(-c4ccc5c(c4)oc4c(-c6ccccn6)[c-]ccc45)cc3-n3c4ccc(C(C)(C)C)cc4c4cc(C(C)(C)C)cc1c43)[Se]2.Cc1cnc(-c2[c-]cc(F)cc2)cc1C.[Ir]. The number of benzene rings is 7. The molecule has 74 heavy (non-hydrogen) atoms. The molecule has 4 nitrogen and oxygen atoms in total. The minimum atomic E-state index is -0.275. The molecule has 4 aromatic heterocycles. The van der Waals surface area contributed by atoms with E-state index in [1.807, 2.05) is 56.6 Å². The molecule has 0 fully saturated rings. The Bertz CT molecular complexity index is 4040. The Morgan fingerprint density at radius 2 is 1.35 bits per heavy atom. The van der Waals surface area contributed by atoms with Crippen LogP contribution in [0.5, 0.6) is 0 Å². The van der Waals surface area contributed by atoms with Gasteiger partial charge in [-0.2, -0.15) is 0 Å². The number of aromatic nitrogens is 3. The topological polar surface area (TPSA) is 43.9 Å². The second-order valence-electron chi connectivity index (χ2n) is 23.2. The molecule has 0 amide bonds. The van der Waals surface area contributed by atoms with Crippen molar-refractivity contribution in [3.8, 4) is 39.3 Å². The summed E-state index contributed by atoms with van der Waals surface area (Å²) in [5.41, 5.74) is 22.4. The zero-order valence-electron chi connectivity index (χ0n) is 43.8. The second-order valence-corrected chi connectivity index (χ2v) is 25.4. The van der Waals surface area contributed by atoms with Crippen molar-refractivity contribution in [2.24, 2.45) is 0 Å². The molecule has 0 spiro atoms. The average molecular weight is 1210 g/mol. The van der Waals surface area contributed by atoms with E-state index in [-0.39, 0.29) is 63.8 Å². The first-order valence-corrected chi connectivity index (χ1v) is 27.0. The van der Waals surface area contributed by atoms with Gasteiger partial charge in [-0.1, -0.05) is 11.6 Å². The third-order valence-electron chi connectivity index (χ3n) is 15.1. The van der Waals surface area contributed by atoms with Gasteiger partial charge in [0.15, 0.2) is 0 Å². The fourth-order valence-electron chi connectivity index (χ4n) is 10.8. The molecule has 0 saturated heterocycles. The van der Waals surface area contributed by atoms with Gasteiger partial charge in [0.25, 0.3) is 0 Å². The van der Waals surface area contributed by atoms with Crippen LogP contribution >= 0.6 is 0 Å². The van der Waals surface area contributed by atoms with Crippen LogP contribution in [-0.4, -0.2) is 36.2 Å². The Hall–Kier alpha value is -6.40. The fraction of sp³-hybridized carbons (Fsp3) is 0.212. The van der Waals surface area contributed by atoms with Crippen LogP contribution in [0.15, 0.2) is 150 Å². The molecular weight excluding hydrogens is 1150 g/mol. The molecule has 369 valence electrons. The van der Waals surface area contributed by atoms with E-state index in [9.17, 15) is 4.39 Å². The van der Waals surface area contributed by atoms with Crippen LogP contribution < -0.4 is 25.3 Å². The number of hydrogen-bond donors (Lipinski definition) is 0. The van der Waals surface area contributed by atoms with Crippen LogP contribution in [0.2, 0.25) is 0 Å². The summed E-state index contributed by atoms with van der Waals surface area (Å²) in [4.78, 5) is 8.91. The smallest absolute Gasteiger partial charge is 0.0379 e. The van der Waals surface area contributed by atoms with Crippen molar-refractivity contribution in [3.05, 3.63) is 192 Å². The molecule has 8 heteroatoms. The van der Waals surface area contributed by atoms with Gasteiger partial charge in [-0.3, -0.25) is 4.39 Å². The Labute approximate surface area is 454 Å². The van der Waals surface area contributed by atoms with E-state index in [4.69, 9.17) is 4.42 Å². The van der Waals surface area contributed by atoms with Gasteiger partial charge in [-0.15, -0.1) is 29.8 Å². The summed E-state index contributed by atoms with van der Waals surface area (Å²) in [6.07, 6.45) is 3.65. The molecule has 0 saturated carbocycles. The van der Waals surface area contributed by atoms with Crippen LogP contribution in [-0.2, 0) is 36.4 Å². The number of fused-ring (bicyclic) bond motifs is 10. The molecule has 0 unspecified atom stereocenters. The molecule has 6 heterocycles. The van der Waals surface area contributed by atoms with Crippen molar-refractivity contribution in [2.45, 2.75) is 92.4 Å². The van der Waals surface area contributed by atoms with E-state index >= 15 is 0 Å². The number of nitrogens with zero attached hydrogens (tertiary/aromatic N) is 3.